The van der Waals surface area contributed by atoms with Crippen LogP contribution in [0.1, 0.15) is 13.3 Å². The fraction of sp³-hybridized carbons (Fsp3) is 0.333. The maximum absolute atomic E-state index is 11.5. The second kappa shape index (κ2) is 6.61. The molecule has 1 aromatic carbocycles. The quantitative estimate of drug-likeness (QED) is 0.672. The number of nitrogens with one attached hydrogen (secondary N) is 1. The molecule has 6 nitrogen and oxygen atoms in total. The maximum atomic E-state index is 11.5. The molecule has 5 N–H and O–H groups in total. The second-order valence-electron chi connectivity index (χ2n) is 3.78. The van der Waals surface area contributed by atoms with E-state index in [2.05, 4.69) is 5.32 Å². The Kier molecular flexibility index (Phi) is 5.13. The topological polar surface area (TPSA) is 107 Å². The molecule has 18 heavy (non-hydrogen) atoms. The van der Waals surface area contributed by atoms with Gasteiger partial charge in [0.25, 0.3) is 5.91 Å². The highest BCUT2D eigenvalue weighted by atomic mass is 16.5. The van der Waals surface area contributed by atoms with E-state index in [-0.39, 0.29) is 12.5 Å². The molecule has 0 heterocycles. The molecule has 0 fully saturated rings. The van der Waals surface area contributed by atoms with E-state index in [0.717, 1.165) is 0 Å². The van der Waals surface area contributed by atoms with Crippen molar-refractivity contribution in [3.63, 3.8) is 0 Å². The van der Waals surface area contributed by atoms with Crippen LogP contribution in [0.5, 0.6) is 5.75 Å². The smallest absolute Gasteiger partial charge is 0.255 e. The summed E-state index contributed by atoms with van der Waals surface area (Å²) >= 11 is 0. The van der Waals surface area contributed by atoms with Gasteiger partial charge in [0, 0.05) is 5.69 Å². The van der Waals surface area contributed by atoms with Gasteiger partial charge in [0.15, 0.2) is 6.61 Å². The SMILES string of the molecule is CCC(N)C(=O)Nc1ccc(OCC(N)=O)cc1. The van der Waals surface area contributed by atoms with E-state index in [1.807, 2.05) is 6.92 Å². The van der Waals surface area contributed by atoms with Gasteiger partial charge in [-0.3, -0.25) is 9.59 Å². The van der Waals surface area contributed by atoms with Crippen LogP contribution in [0.3, 0.4) is 0 Å². The minimum atomic E-state index is -0.540. The third-order valence-electron chi connectivity index (χ3n) is 2.28. The van der Waals surface area contributed by atoms with Crippen molar-refractivity contribution in [3.8, 4) is 5.75 Å². The Morgan fingerprint density at radius 2 is 1.94 bits per heavy atom. The second-order valence-corrected chi connectivity index (χ2v) is 3.78. The lowest BCUT2D eigenvalue weighted by atomic mass is 10.2. The van der Waals surface area contributed by atoms with Crippen LogP contribution in [-0.4, -0.2) is 24.5 Å². The molecular formula is C12H17N3O3. The summed E-state index contributed by atoms with van der Waals surface area (Å²) in [6.45, 7) is 1.66. The molecular weight excluding hydrogens is 234 g/mol. The molecule has 0 aromatic heterocycles. The molecule has 0 bridgehead atoms. The van der Waals surface area contributed by atoms with Crippen LogP contribution in [-0.2, 0) is 9.59 Å². The lowest BCUT2D eigenvalue weighted by Crippen LogP contribution is -2.34. The number of hydrogen-bond donors (Lipinski definition) is 3. The third-order valence-corrected chi connectivity index (χ3v) is 2.28. The summed E-state index contributed by atoms with van der Waals surface area (Å²) in [7, 11) is 0. The third kappa shape index (κ3) is 4.42. The summed E-state index contributed by atoms with van der Waals surface area (Å²) in [4.78, 5) is 22.0. The lowest BCUT2D eigenvalue weighted by Gasteiger charge is -2.10. The number of anilines is 1. The van der Waals surface area contributed by atoms with Gasteiger partial charge in [0.1, 0.15) is 5.75 Å². The first kappa shape index (κ1) is 14.0. The number of hydrogen-bond acceptors (Lipinski definition) is 4. The molecule has 98 valence electrons. The Bertz CT molecular complexity index is 417. The van der Waals surface area contributed by atoms with Crippen molar-refractivity contribution in [2.24, 2.45) is 11.5 Å². The number of carbonyl (C=O) groups excluding carboxylic acids is 2. The molecule has 0 spiro atoms. The van der Waals surface area contributed by atoms with E-state index < -0.39 is 11.9 Å². The molecule has 1 unspecified atom stereocenters. The van der Waals surface area contributed by atoms with Gasteiger partial charge >= 0.3 is 0 Å². The van der Waals surface area contributed by atoms with Gasteiger partial charge in [0.2, 0.25) is 5.91 Å². The van der Waals surface area contributed by atoms with Crippen molar-refractivity contribution < 1.29 is 14.3 Å². The van der Waals surface area contributed by atoms with E-state index in [1.165, 1.54) is 0 Å². The van der Waals surface area contributed by atoms with Crippen molar-refractivity contribution >= 4 is 17.5 Å². The van der Waals surface area contributed by atoms with Crippen LogP contribution in [0.15, 0.2) is 24.3 Å². The van der Waals surface area contributed by atoms with Crippen molar-refractivity contribution in [1.29, 1.82) is 0 Å². The Morgan fingerprint density at radius 1 is 1.33 bits per heavy atom. The number of ether oxygens (including phenoxy) is 1. The van der Waals surface area contributed by atoms with E-state index in [9.17, 15) is 9.59 Å². The van der Waals surface area contributed by atoms with Gasteiger partial charge in [-0.1, -0.05) is 6.92 Å². The minimum absolute atomic E-state index is 0.174. The maximum Gasteiger partial charge on any atom is 0.255 e. The number of primary amides is 1. The molecule has 0 radical (unpaired) electrons. The summed E-state index contributed by atoms with van der Waals surface area (Å²) < 4.78 is 5.08. The monoisotopic (exact) mass is 251 g/mol. The molecule has 1 atom stereocenters. The number of rotatable bonds is 6. The van der Waals surface area contributed by atoms with Crippen molar-refractivity contribution in [2.75, 3.05) is 11.9 Å². The Balaban J connectivity index is 2.55. The van der Waals surface area contributed by atoms with E-state index in [1.54, 1.807) is 24.3 Å². The normalized spacial score (nSPS) is 11.7. The molecule has 1 aromatic rings. The average Bonchev–Trinajstić information content (AvgIpc) is 2.36. The van der Waals surface area contributed by atoms with E-state index in [4.69, 9.17) is 16.2 Å². The summed E-state index contributed by atoms with van der Waals surface area (Å²) in [6, 6.07) is 6.08. The molecule has 0 aliphatic carbocycles. The lowest BCUT2D eigenvalue weighted by molar-refractivity contribution is -0.120. The highest BCUT2D eigenvalue weighted by Gasteiger charge is 2.10. The predicted octanol–water partition coefficient (Wildman–Crippen LogP) is 0.227. The fourth-order valence-electron chi connectivity index (χ4n) is 1.21. The van der Waals surface area contributed by atoms with Crippen LogP contribution in [0.4, 0.5) is 5.69 Å². The molecule has 0 aliphatic rings. The van der Waals surface area contributed by atoms with Crippen LogP contribution >= 0.6 is 0 Å². The number of benzene rings is 1. The Hall–Kier alpha value is -2.08. The standard InChI is InChI=1S/C12H17N3O3/c1-2-10(13)12(17)15-8-3-5-9(6-4-8)18-7-11(14)16/h3-6,10H,2,7,13H2,1H3,(H2,14,16)(H,15,17). The zero-order chi connectivity index (χ0) is 13.5. The fourth-order valence-corrected chi connectivity index (χ4v) is 1.21. The highest BCUT2D eigenvalue weighted by Crippen LogP contribution is 2.15. The van der Waals surface area contributed by atoms with Gasteiger partial charge in [-0.25, -0.2) is 0 Å². The van der Waals surface area contributed by atoms with Gasteiger partial charge in [-0.15, -0.1) is 0 Å². The molecule has 2 amide bonds. The van der Waals surface area contributed by atoms with Crippen molar-refractivity contribution in [2.45, 2.75) is 19.4 Å². The first-order chi connectivity index (χ1) is 8.52. The molecule has 0 aliphatic heterocycles. The van der Waals surface area contributed by atoms with Crippen LogP contribution in [0.25, 0.3) is 0 Å². The van der Waals surface area contributed by atoms with Crippen LogP contribution in [0, 0.1) is 0 Å². The van der Waals surface area contributed by atoms with Gasteiger partial charge < -0.3 is 21.5 Å². The van der Waals surface area contributed by atoms with Crippen molar-refractivity contribution in [3.05, 3.63) is 24.3 Å². The van der Waals surface area contributed by atoms with Crippen molar-refractivity contribution in [1.82, 2.24) is 0 Å². The summed E-state index contributed by atoms with van der Waals surface area (Å²) in [5.41, 5.74) is 11.2. The van der Waals surface area contributed by atoms with Gasteiger partial charge in [0.05, 0.1) is 6.04 Å². The number of carbonyl (C=O) groups is 2. The highest BCUT2D eigenvalue weighted by molar-refractivity contribution is 5.94. The Morgan fingerprint density at radius 3 is 2.44 bits per heavy atom. The number of nitrogens with two attached hydrogens (primary N) is 2. The zero-order valence-electron chi connectivity index (χ0n) is 10.2. The van der Waals surface area contributed by atoms with E-state index >= 15 is 0 Å². The minimum Gasteiger partial charge on any atom is -0.484 e. The van der Waals surface area contributed by atoms with Crippen LogP contribution < -0.4 is 21.5 Å². The molecule has 6 heteroatoms. The predicted molar refractivity (Wildman–Crippen MR) is 68.0 cm³/mol. The van der Waals surface area contributed by atoms with Gasteiger partial charge in [-0.05, 0) is 30.7 Å². The zero-order valence-corrected chi connectivity index (χ0v) is 10.2. The Labute approximate surface area is 105 Å². The van der Waals surface area contributed by atoms with Crippen LogP contribution in [0.2, 0.25) is 0 Å². The largest absolute Gasteiger partial charge is 0.484 e. The number of amides is 2. The molecule has 0 saturated heterocycles. The summed E-state index contributed by atoms with van der Waals surface area (Å²) in [6.07, 6.45) is 0.575. The molecule has 0 saturated carbocycles. The first-order valence-electron chi connectivity index (χ1n) is 5.60. The molecule has 1 rings (SSSR count). The summed E-state index contributed by atoms with van der Waals surface area (Å²) in [5.74, 6) is -0.267. The van der Waals surface area contributed by atoms with E-state index in [0.29, 0.717) is 17.9 Å². The first-order valence-corrected chi connectivity index (χ1v) is 5.60. The summed E-state index contributed by atoms with van der Waals surface area (Å²) in [5, 5.41) is 2.67. The van der Waals surface area contributed by atoms with Gasteiger partial charge in [-0.2, -0.15) is 0 Å². The average molecular weight is 251 g/mol.